The minimum atomic E-state index is -0.124. The molecule has 0 heterocycles. The lowest BCUT2D eigenvalue weighted by Crippen LogP contribution is -2.34. The van der Waals surface area contributed by atoms with Crippen molar-refractivity contribution < 1.29 is 9.53 Å². The van der Waals surface area contributed by atoms with Gasteiger partial charge in [-0.3, -0.25) is 4.79 Å². The number of carbonyl (C=O) groups is 1. The summed E-state index contributed by atoms with van der Waals surface area (Å²) in [6, 6.07) is 0. The Morgan fingerprint density at radius 3 is 2.60 bits per heavy atom. The third-order valence-corrected chi connectivity index (χ3v) is 2.73. The lowest BCUT2D eigenvalue weighted by molar-refractivity contribution is -0.130. The molecule has 3 nitrogen and oxygen atoms in total. The Kier molecular flexibility index (Phi) is 7.79. The van der Waals surface area contributed by atoms with E-state index in [4.69, 9.17) is 16.3 Å². The van der Waals surface area contributed by atoms with Gasteiger partial charge in [0.05, 0.1) is 12.0 Å². The lowest BCUT2D eigenvalue weighted by Gasteiger charge is -2.21. The van der Waals surface area contributed by atoms with Crippen molar-refractivity contribution in [3.63, 3.8) is 0 Å². The molecule has 90 valence electrons. The Hall–Kier alpha value is -0.280. The van der Waals surface area contributed by atoms with Crippen molar-refractivity contribution in [1.82, 2.24) is 4.90 Å². The molecule has 0 spiro atoms. The Labute approximate surface area is 97.7 Å². The summed E-state index contributed by atoms with van der Waals surface area (Å²) in [5.41, 5.74) is 0. The minimum absolute atomic E-state index is 0.124. The van der Waals surface area contributed by atoms with Crippen LogP contribution in [-0.2, 0) is 9.53 Å². The van der Waals surface area contributed by atoms with Gasteiger partial charge in [0.25, 0.3) is 0 Å². The topological polar surface area (TPSA) is 29.5 Å². The molecule has 4 heteroatoms. The summed E-state index contributed by atoms with van der Waals surface area (Å²) in [6.07, 6.45) is 1.63. The molecule has 0 saturated carbocycles. The van der Waals surface area contributed by atoms with E-state index in [1.807, 2.05) is 0 Å². The zero-order chi connectivity index (χ0) is 11.8. The molecule has 0 aromatic rings. The number of amides is 1. The van der Waals surface area contributed by atoms with Crippen molar-refractivity contribution in [2.45, 2.75) is 32.1 Å². The molecule has 1 amide bonds. The van der Waals surface area contributed by atoms with Crippen LogP contribution in [0, 0.1) is 5.92 Å². The van der Waals surface area contributed by atoms with E-state index in [0.29, 0.717) is 25.5 Å². The van der Waals surface area contributed by atoms with E-state index in [9.17, 15) is 4.79 Å². The number of ether oxygens (including phenoxy) is 1. The first-order chi connectivity index (χ1) is 7.01. The monoisotopic (exact) mass is 235 g/mol. The second-order valence-electron chi connectivity index (χ2n) is 4.04. The van der Waals surface area contributed by atoms with Gasteiger partial charge in [-0.25, -0.2) is 0 Å². The molecule has 0 rings (SSSR count). The zero-order valence-electron chi connectivity index (χ0n) is 10.1. The Balaban J connectivity index is 3.87. The molecule has 0 saturated heterocycles. The van der Waals surface area contributed by atoms with Gasteiger partial charge in [0.1, 0.15) is 0 Å². The van der Waals surface area contributed by atoms with Gasteiger partial charge in [-0.15, -0.1) is 11.6 Å². The number of nitrogens with zero attached hydrogens (tertiary/aromatic N) is 1. The molecule has 0 aromatic carbocycles. The van der Waals surface area contributed by atoms with Gasteiger partial charge in [-0.05, 0) is 5.92 Å². The predicted octanol–water partition coefficient (Wildman–Crippen LogP) is 2.13. The molecule has 0 aliphatic carbocycles. The van der Waals surface area contributed by atoms with Crippen LogP contribution in [0.15, 0.2) is 0 Å². The lowest BCUT2D eigenvalue weighted by atomic mass is 10.0. The second-order valence-corrected chi connectivity index (χ2v) is 4.66. The van der Waals surface area contributed by atoms with E-state index >= 15 is 0 Å². The fourth-order valence-electron chi connectivity index (χ4n) is 1.23. The predicted molar refractivity (Wildman–Crippen MR) is 63.2 cm³/mol. The number of hydrogen-bond acceptors (Lipinski definition) is 2. The first-order valence-electron chi connectivity index (χ1n) is 5.38. The smallest absolute Gasteiger partial charge is 0.222 e. The summed E-state index contributed by atoms with van der Waals surface area (Å²) in [4.78, 5) is 13.4. The molecule has 15 heavy (non-hydrogen) atoms. The molecule has 0 N–H and O–H groups in total. The number of alkyl halides is 1. The molecule has 0 radical (unpaired) electrons. The fraction of sp³-hybridized carbons (Fsp3) is 0.909. The van der Waals surface area contributed by atoms with E-state index in [0.717, 1.165) is 6.42 Å². The highest BCUT2D eigenvalue weighted by Crippen LogP contribution is 2.09. The van der Waals surface area contributed by atoms with Crippen LogP contribution in [0.25, 0.3) is 0 Å². The van der Waals surface area contributed by atoms with Crippen molar-refractivity contribution in [2.75, 3.05) is 27.3 Å². The first-order valence-corrected chi connectivity index (χ1v) is 5.81. The summed E-state index contributed by atoms with van der Waals surface area (Å²) in [6.45, 7) is 5.19. The highest BCUT2D eigenvalue weighted by molar-refractivity contribution is 6.21. The van der Waals surface area contributed by atoms with Gasteiger partial charge in [-0.1, -0.05) is 20.3 Å². The fourth-order valence-corrected chi connectivity index (χ4v) is 1.56. The maximum Gasteiger partial charge on any atom is 0.222 e. The van der Waals surface area contributed by atoms with Crippen LogP contribution in [0.3, 0.4) is 0 Å². The molecular formula is C11H22ClNO2. The van der Waals surface area contributed by atoms with Crippen molar-refractivity contribution in [1.29, 1.82) is 0 Å². The summed E-state index contributed by atoms with van der Waals surface area (Å²) < 4.78 is 4.92. The molecule has 2 unspecified atom stereocenters. The van der Waals surface area contributed by atoms with Crippen LogP contribution in [-0.4, -0.2) is 43.5 Å². The minimum Gasteiger partial charge on any atom is -0.383 e. The second kappa shape index (κ2) is 7.94. The summed E-state index contributed by atoms with van der Waals surface area (Å²) in [7, 11) is 3.39. The molecule has 0 aliphatic rings. The van der Waals surface area contributed by atoms with E-state index in [1.54, 1.807) is 19.1 Å². The highest BCUT2D eigenvalue weighted by atomic mass is 35.5. The van der Waals surface area contributed by atoms with Crippen molar-refractivity contribution in [3.05, 3.63) is 0 Å². The Morgan fingerprint density at radius 2 is 2.13 bits per heavy atom. The van der Waals surface area contributed by atoms with Crippen LogP contribution in [0.1, 0.15) is 26.7 Å². The Bertz CT molecular complexity index is 187. The SMILES string of the molecule is CCC(C)CC(=O)N(C)CC(Cl)COC. The van der Waals surface area contributed by atoms with Crippen LogP contribution in [0.5, 0.6) is 0 Å². The third-order valence-electron chi connectivity index (χ3n) is 2.47. The largest absolute Gasteiger partial charge is 0.383 e. The van der Waals surface area contributed by atoms with E-state index in [2.05, 4.69) is 13.8 Å². The highest BCUT2D eigenvalue weighted by Gasteiger charge is 2.15. The molecule has 0 aromatic heterocycles. The van der Waals surface area contributed by atoms with Crippen LogP contribution in [0.2, 0.25) is 0 Å². The van der Waals surface area contributed by atoms with Gasteiger partial charge >= 0.3 is 0 Å². The molecular weight excluding hydrogens is 214 g/mol. The van der Waals surface area contributed by atoms with E-state index in [-0.39, 0.29) is 11.3 Å². The van der Waals surface area contributed by atoms with Crippen molar-refractivity contribution in [2.24, 2.45) is 5.92 Å². The molecule has 0 bridgehead atoms. The van der Waals surface area contributed by atoms with E-state index < -0.39 is 0 Å². The summed E-state index contributed by atoms with van der Waals surface area (Å²) >= 11 is 5.97. The number of halogens is 1. The van der Waals surface area contributed by atoms with Crippen molar-refractivity contribution in [3.8, 4) is 0 Å². The average molecular weight is 236 g/mol. The van der Waals surface area contributed by atoms with E-state index in [1.165, 1.54) is 0 Å². The molecule has 2 atom stereocenters. The Morgan fingerprint density at radius 1 is 1.53 bits per heavy atom. The van der Waals surface area contributed by atoms with Crippen LogP contribution in [0.4, 0.5) is 0 Å². The maximum atomic E-state index is 11.7. The number of carbonyl (C=O) groups excluding carboxylic acids is 1. The maximum absolute atomic E-state index is 11.7. The summed E-state index contributed by atoms with van der Waals surface area (Å²) in [5, 5.41) is -0.124. The van der Waals surface area contributed by atoms with Crippen LogP contribution >= 0.6 is 11.6 Å². The quantitative estimate of drug-likeness (QED) is 0.633. The zero-order valence-corrected chi connectivity index (χ0v) is 10.9. The van der Waals surface area contributed by atoms with Crippen molar-refractivity contribution >= 4 is 17.5 Å². The molecule has 0 fully saturated rings. The van der Waals surface area contributed by atoms with Gasteiger partial charge in [0.2, 0.25) is 5.91 Å². The average Bonchev–Trinajstić information content (AvgIpc) is 2.17. The normalized spacial score (nSPS) is 14.7. The molecule has 0 aliphatic heterocycles. The standard InChI is InChI=1S/C11H22ClNO2/c1-5-9(2)6-11(14)13(3)7-10(12)8-15-4/h9-10H,5-8H2,1-4H3. The first kappa shape index (κ1) is 14.7. The van der Waals surface area contributed by atoms with Gasteiger partial charge in [0.15, 0.2) is 0 Å². The number of methoxy groups -OCH3 is 1. The number of hydrogen-bond donors (Lipinski definition) is 0. The van der Waals surface area contributed by atoms with Gasteiger partial charge in [0, 0.05) is 27.1 Å². The number of rotatable bonds is 7. The van der Waals surface area contributed by atoms with Gasteiger partial charge in [-0.2, -0.15) is 0 Å². The third kappa shape index (κ3) is 6.74. The summed E-state index contributed by atoms with van der Waals surface area (Å²) in [5.74, 6) is 0.599. The van der Waals surface area contributed by atoms with Crippen LogP contribution < -0.4 is 0 Å². The van der Waals surface area contributed by atoms with Gasteiger partial charge < -0.3 is 9.64 Å².